The molecule has 162 valence electrons. The number of nitrogens with one attached hydrogen (secondary N) is 1. The number of rotatable bonds is 5. The zero-order valence-electron chi connectivity index (χ0n) is 17.0. The summed E-state index contributed by atoms with van der Waals surface area (Å²) in [4.78, 5) is 35.5. The molecule has 0 spiro atoms. The number of carboxylic acid groups (broad SMARTS) is 1. The maximum absolute atomic E-state index is 13.1. The molecule has 1 aliphatic heterocycles. The van der Waals surface area contributed by atoms with Crippen molar-refractivity contribution in [2.75, 3.05) is 23.3 Å². The van der Waals surface area contributed by atoms with E-state index in [0.717, 1.165) is 25.9 Å². The summed E-state index contributed by atoms with van der Waals surface area (Å²) < 4.78 is 1.55. The maximum Gasteiger partial charge on any atom is 0.356 e. The first-order valence-electron chi connectivity index (χ1n) is 9.87. The van der Waals surface area contributed by atoms with Crippen molar-refractivity contribution in [3.05, 3.63) is 56.1 Å². The Morgan fingerprint density at radius 1 is 1.19 bits per heavy atom. The van der Waals surface area contributed by atoms with Gasteiger partial charge in [-0.1, -0.05) is 23.2 Å². The van der Waals surface area contributed by atoms with Crippen molar-refractivity contribution in [3.63, 3.8) is 0 Å². The molecule has 1 fully saturated rings. The van der Waals surface area contributed by atoms with E-state index >= 15 is 0 Å². The number of pyridine rings is 1. The van der Waals surface area contributed by atoms with Crippen LogP contribution >= 0.6 is 23.2 Å². The van der Waals surface area contributed by atoms with Gasteiger partial charge in [-0.2, -0.15) is 0 Å². The SMILES string of the molecule is C[C@@H](Nc1ccc(Cl)nc1C(=O)O)c1cc(Cl)cc2c(=O)n(C)c(N3CCCC3)nc12. The van der Waals surface area contributed by atoms with Gasteiger partial charge in [0.05, 0.1) is 22.6 Å². The van der Waals surface area contributed by atoms with Gasteiger partial charge in [0.25, 0.3) is 5.56 Å². The van der Waals surface area contributed by atoms with Crippen molar-refractivity contribution in [2.24, 2.45) is 7.05 Å². The molecule has 1 aliphatic rings. The van der Waals surface area contributed by atoms with Crippen LogP contribution in [0.1, 0.15) is 41.9 Å². The molecule has 0 aliphatic carbocycles. The lowest BCUT2D eigenvalue weighted by Gasteiger charge is -2.22. The number of anilines is 2. The number of halogens is 2. The Labute approximate surface area is 188 Å². The van der Waals surface area contributed by atoms with Gasteiger partial charge in [0, 0.05) is 30.7 Å². The van der Waals surface area contributed by atoms with Gasteiger partial charge in [0.1, 0.15) is 5.15 Å². The predicted molar refractivity (Wildman–Crippen MR) is 122 cm³/mol. The molecule has 1 saturated heterocycles. The third-order valence-corrected chi connectivity index (χ3v) is 5.87. The van der Waals surface area contributed by atoms with E-state index in [-0.39, 0.29) is 16.4 Å². The van der Waals surface area contributed by atoms with Gasteiger partial charge < -0.3 is 15.3 Å². The van der Waals surface area contributed by atoms with E-state index in [1.165, 1.54) is 6.07 Å². The summed E-state index contributed by atoms with van der Waals surface area (Å²) in [5, 5.41) is 13.5. The normalized spacial score (nSPS) is 14.8. The van der Waals surface area contributed by atoms with Crippen LogP contribution in [-0.4, -0.2) is 38.7 Å². The van der Waals surface area contributed by atoms with Crippen LogP contribution in [0.3, 0.4) is 0 Å². The Balaban J connectivity index is 1.83. The van der Waals surface area contributed by atoms with Crippen LogP contribution < -0.4 is 15.8 Å². The summed E-state index contributed by atoms with van der Waals surface area (Å²) in [7, 11) is 1.71. The molecule has 0 amide bonds. The number of hydrogen-bond donors (Lipinski definition) is 2. The second kappa shape index (κ2) is 8.36. The molecular formula is C21H21Cl2N5O3. The standard InChI is InChI=1S/C21H21Cl2N5O3/c1-11(24-15-5-6-16(23)25-18(15)20(30)31)13-9-12(22)10-14-17(13)26-21(27(2)19(14)29)28-7-3-4-8-28/h5-6,9-11,24H,3-4,7-8H2,1-2H3,(H,30,31)/t11-/m1/s1. The number of nitrogens with zero attached hydrogens (tertiary/aromatic N) is 4. The van der Waals surface area contributed by atoms with Gasteiger partial charge in [-0.05, 0) is 44.0 Å². The van der Waals surface area contributed by atoms with Gasteiger partial charge in [0.2, 0.25) is 5.95 Å². The summed E-state index contributed by atoms with van der Waals surface area (Å²) in [5.41, 5.74) is 1.16. The molecule has 1 atom stereocenters. The molecule has 0 unspecified atom stereocenters. The molecule has 0 bridgehead atoms. The summed E-state index contributed by atoms with van der Waals surface area (Å²) in [6, 6.07) is 6.02. The number of carboxylic acids is 1. The Bertz CT molecular complexity index is 1240. The first kappa shape index (κ1) is 21.4. The van der Waals surface area contributed by atoms with Crippen molar-refractivity contribution < 1.29 is 9.90 Å². The fourth-order valence-electron chi connectivity index (χ4n) is 3.91. The van der Waals surface area contributed by atoms with Crippen LogP contribution in [0.25, 0.3) is 10.9 Å². The van der Waals surface area contributed by atoms with Crippen molar-refractivity contribution >= 4 is 51.7 Å². The molecule has 2 aromatic heterocycles. The number of hydrogen-bond acceptors (Lipinski definition) is 6. The lowest BCUT2D eigenvalue weighted by Crippen LogP contribution is -2.30. The van der Waals surface area contributed by atoms with Crippen molar-refractivity contribution in [1.82, 2.24) is 14.5 Å². The minimum Gasteiger partial charge on any atom is -0.476 e. The second-order valence-corrected chi connectivity index (χ2v) is 8.39. The fraction of sp³-hybridized carbons (Fsp3) is 0.333. The molecule has 3 aromatic rings. The van der Waals surface area contributed by atoms with Crippen molar-refractivity contribution in [3.8, 4) is 0 Å². The topological polar surface area (TPSA) is 100 Å². The van der Waals surface area contributed by atoms with Gasteiger partial charge in [-0.3, -0.25) is 9.36 Å². The van der Waals surface area contributed by atoms with Crippen LogP contribution in [0, 0.1) is 0 Å². The Morgan fingerprint density at radius 2 is 1.90 bits per heavy atom. The highest BCUT2D eigenvalue weighted by Crippen LogP contribution is 2.30. The average Bonchev–Trinajstić information content (AvgIpc) is 3.26. The largest absolute Gasteiger partial charge is 0.476 e. The predicted octanol–water partition coefficient (Wildman–Crippen LogP) is 4.11. The molecular weight excluding hydrogens is 441 g/mol. The number of fused-ring (bicyclic) bond motifs is 1. The highest BCUT2D eigenvalue weighted by molar-refractivity contribution is 6.31. The highest BCUT2D eigenvalue weighted by Gasteiger charge is 2.22. The van der Waals surface area contributed by atoms with Gasteiger partial charge in [-0.15, -0.1) is 0 Å². The summed E-state index contributed by atoms with van der Waals surface area (Å²) in [6.07, 6.45) is 2.11. The number of aromatic carboxylic acids is 1. The van der Waals surface area contributed by atoms with Crippen molar-refractivity contribution in [1.29, 1.82) is 0 Å². The van der Waals surface area contributed by atoms with Gasteiger partial charge in [-0.25, -0.2) is 14.8 Å². The minimum atomic E-state index is -1.20. The number of carbonyl (C=O) groups is 1. The minimum absolute atomic E-state index is 0.0872. The van der Waals surface area contributed by atoms with Crippen LogP contribution in [0.15, 0.2) is 29.1 Å². The fourth-order valence-corrected chi connectivity index (χ4v) is 4.28. The molecule has 0 saturated carbocycles. The van der Waals surface area contributed by atoms with E-state index in [1.54, 1.807) is 29.8 Å². The maximum atomic E-state index is 13.1. The van der Waals surface area contributed by atoms with E-state index in [1.807, 2.05) is 6.92 Å². The first-order valence-corrected chi connectivity index (χ1v) is 10.6. The van der Waals surface area contributed by atoms with Crippen molar-refractivity contribution in [2.45, 2.75) is 25.8 Å². The number of benzene rings is 1. The molecule has 10 heteroatoms. The average molecular weight is 462 g/mol. The smallest absolute Gasteiger partial charge is 0.356 e. The Kier molecular flexibility index (Phi) is 5.77. The Morgan fingerprint density at radius 3 is 2.58 bits per heavy atom. The van der Waals surface area contributed by atoms with Crippen LogP contribution in [0.5, 0.6) is 0 Å². The summed E-state index contributed by atoms with van der Waals surface area (Å²) in [6.45, 7) is 3.54. The number of aromatic nitrogens is 3. The second-order valence-electron chi connectivity index (χ2n) is 7.56. The molecule has 2 N–H and O–H groups in total. The molecule has 4 rings (SSSR count). The first-order chi connectivity index (χ1) is 14.8. The monoisotopic (exact) mass is 461 g/mol. The van der Waals surface area contributed by atoms with E-state index < -0.39 is 12.0 Å². The lowest BCUT2D eigenvalue weighted by atomic mass is 10.0. The summed E-state index contributed by atoms with van der Waals surface area (Å²) in [5.74, 6) is -0.582. The molecule has 1 aromatic carbocycles. The zero-order valence-corrected chi connectivity index (χ0v) is 18.5. The third kappa shape index (κ3) is 4.05. The highest BCUT2D eigenvalue weighted by atomic mass is 35.5. The van der Waals surface area contributed by atoms with Crippen LogP contribution in [0.4, 0.5) is 11.6 Å². The zero-order chi connectivity index (χ0) is 22.3. The van der Waals surface area contributed by atoms with Crippen LogP contribution in [-0.2, 0) is 7.05 Å². The van der Waals surface area contributed by atoms with Gasteiger partial charge >= 0.3 is 5.97 Å². The Hall–Kier alpha value is -2.84. The molecule has 0 radical (unpaired) electrons. The van der Waals surface area contributed by atoms with E-state index in [2.05, 4.69) is 15.2 Å². The molecule has 3 heterocycles. The molecule has 31 heavy (non-hydrogen) atoms. The van der Waals surface area contributed by atoms with E-state index in [0.29, 0.717) is 33.1 Å². The van der Waals surface area contributed by atoms with E-state index in [4.69, 9.17) is 28.2 Å². The quantitative estimate of drug-likeness (QED) is 0.551. The summed E-state index contributed by atoms with van der Waals surface area (Å²) >= 11 is 12.2. The van der Waals surface area contributed by atoms with Gasteiger partial charge in [0.15, 0.2) is 5.69 Å². The van der Waals surface area contributed by atoms with E-state index in [9.17, 15) is 14.7 Å². The van der Waals surface area contributed by atoms with Crippen LogP contribution in [0.2, 0.25) is 10.2 Å². The third-order valence-electron chi connectivity index (χ3n) is 5.44. The molecule has 8 nitrogen and oxygen atoms in total. The lowest BCUT2D eigenvalue weighted by molar-refractivity contribution is 0.0691.